The molecule has 0 radical (unpaired) electrons. The quantitative estimate of drug-likeness (QED) is 0.837. The lowest BCUT2D eigenvalue weighted by molar-refractivity contribution is -0.131. The predicted molar refractivity (Wildman–Crippen MR) is 67.7 cm³/mol. The minimum atomic E-state index is -0.654. The van der Waals surface area contributed by atoms with Crippen LogP contribution < -0.4 is 5.32 Å². The normalized spacial score (nSPS) is 12.2. The number of nitrogens with one attached hydrogen (secondary N) is 1. The van der Waals surface area contributed by atoms with Gasteiger partial charge in [-0.1, -0.05) is 6.07 Å². The molecule has 0 fully saturated rings. The minimum absolute atomic E-state index is 0.00301. The first-order valence-electron chi connectivity index (χ1n) is 5.91. The van der Waals surface area contributed by atoms with Crippen molar-refractivity contribution >= 4 is 5.91 Å². The second-order valence-corrected chi connectivity index (χ2v) is 4.24. The average molecular weight is 254 g/mol. The molecule has 5 heteroatoms. The number of carbonyl (C=O) groups is 1. The molecular weight excluding hydrogens is 235 g/mol. The SMILES string of the molecule is CCN(C)C(=O)C(C)NCc1ccc(O)c(F)c1. The third-order valence-corrected chi connectivity index (χ3v) is 2.85. The van der Waals surface area contributed by atoms with Gasteiger partial charge < -0.3 is 15.3 Å². The van der Waals surface area contributed by atoms with E-state index in [-0.39, 0.29) is 17.7 Å². The van der Waals surface area contributed by atoms with Crippen LogP contribution in [0.25, 0.3) is 0 Å². The first kappa shape index (κ1) is 14.4. The van der Waals surface area contributed by atoms with E-state index in [1.807, 2.05) is 6.92 Å². The van der Waals surface area contributed by atoms with Gasteiger partial charge in [0.1, 0.15) is 0 Å². The smallest absolute Gasteiger partial charge is 0.239 e. The molecule has 0 saturated carbocycles. The molecule has 4 nitrogen and oxygen atoms in total. The summed E-state index contributed by atoms with van der Waals surface area (Å²) in [5.74, 6) is -1.02. The lowest BCUT2D eigenvalue weighted by atomic mass is 10.2. The molecule has 1 rings (SSSR count). The molecule has 0 spiro atoms. The van der Waals surface area contributed by atoms with E-state index in [9.17, 15) is 9.18 Å². The van der Waals surface area contributed by atoms with Gasteiger partial charge in [0.2, 0.25) is 5.91 Å². The number of rotatable bonds is 5. The number of aromatic hydroxyl groups is 1. The maximum Gasteiger partial charge on any atom is 0.239 e. The summed E-state index contributed by atoms with van der Waals surface area (Å²) in [7, 11) is 1.74. The van der Waals surface area contributed by atoms with E-state index in [4.69, 9.17) is 5.11 Å². The number of phenols is 1. The van der Waals surface area contributed by atoms with Crippen molar-refractivity contribution in [3.63, 3.8) is 0 Å². The molecule has 1 unspecified atom stereocenters. The average Bonchev–Trinajstić information content (AvgIpc) is 2.37. The van der Waals surface area contributed by atoms with E-state index in [2.05, 4.69) is 5.32 Å². The molecule has 0 aromatic heterocycles. The van der Waals surface area contributed by atoms with Crippen molar-refractivity contribution < 1.29 is 14.3 Å². The van der Waals surface area contributed by atoms with E-state index in [0.717, 1.165) is 0 Å². The zero-order valence-corrected chi connectivity index (χ0v) is 10.9. The fraction of sp³-hybridized carbons (Fsp3) is 0.462. The summed E-state index contributed by atoms with van der Waals surface area (Å²) >= 11 is 0. The highest BCUT2D eigenvalue weighted by Gasteiger charge is 2.15. The van der Waals surface area contributed by atoms with E-state index >= 15 is 0 Å². The van der Waals surface area contributed by atoms with Crippen molar-refractivity contribution in [3.8, 4) is 5.75 Å². The van der Waals surface area contributed by atoms with Crippen LogP contribution in [0.15, 0.2) is 18.2 Å². The molecule has 1 aromatic rings. The molecule has 1 atom stereocenters. The van der Waals surface area contributed by atoms with Gasteiger partial charge in [-0.15, -0.1) is 0 Å². The van der Waals surface area contributed by atoms with Gasteiger partial charge in [0.25, 0.3) is 0 Å². The Bertz CT molecular complexity index is 423. The second kappa shape index (κ2) is 6.35. The summed E-state index contributed by atoms with van der Waals surface area (Å²) in [5.41, 5.74) is 0.684. The van der Waals surface area contributed by atoms with Crippen LogP contribution in [0.2, 0.25) is 0 Å². The first-order valence-corrected chi connectivity index (χ1v) is 5.91. The Morgan fingerprint density at radius 3 is 2.78 bits per heavy atom. The van der Waals surface area contributed by atoms with E-state index < -0.39 is 5.82 Å². The van der Waals surface area contributed by atoms with Crippen LogP contribution in [-0.2, 0) is 11.3 Å². The van der Waals surface area contributed by atoms with Crippen LogP contribution in [-0.4, -0.2) is 35.5 Å². The van der Waals surface area contributed by atoms with Gasteiger partial charge >= 0.3 is 0 Å². The van der Waals surface area contributed by atoms with E-state index in [1.54, 1.807) is 24.9 Å². The number of hydrogen-bond donors (Lipinski definition) is 2. The van der Waals surface area contributed by atoms with Crippen LogP contribution in [0.3, 0.4) is 0 Å². The highest BCUT2D eigenvalue weighted by Crippen LogP contribution is 2.16. The first-order chi connectivity index (χ1) is 8.45. The standard InChI is InChI=1S/C13H19FN2O2/c1-4-16(3)13(18)9(2)15-8-10-5-6-12(17)11(14)7-10/h5-7,9,15,17H,4,8H2,1-3H3. The van der Waals surface area contributed by atoms with E-state index in [0.29, 0.717) is 18.7 Å². The Hall–Kier alpha value is -1.62. The molecular formula is C13H19FN2O2. The van der Waals surface area contributed by atoms with Gasteiger partial charge in [0.15, 0.2) is 11.6 Å². The molecule has 0 saturated heterocycles. The van der Waals surface area contributed by atoms with Crippen LogP contribution in [0.4, 0.5) is 4.39 Å². The molecule has 2 N–H and O–H groups in total. The summed E-state index contributed by atoms with van der Waals surface area (Å²) in [5, 5.41) is 12.1. The number of phenolic OH excluding ortho intramolecular Hbond substituents is 1. The molecule has 0 aliphatic carbocycles. The number of nitrogens with zero attached hydrogens (tertiary/aromatic N) is 1. The van der Waals surface area contributed by atoms with Gasteiger partial charge in [-0.2, -0.15) is 0 Å². The van der Waals surface area contributed by atoms with Crippen LogP contribution >= 0.6 is 0 Å². The van der Waals surface area contributed by atoms with Crippen molar-refractivity contribution in [2.24, 2.45) is 0 Å². The van der Waals surface area contributed by atoms with Crippen molar-refractivity contribution in [3.05, 3.63) is 29.6 Å². The minimum Gasteiger partial charge on any atom is -0.505 e. The zero-order chi connectivity index (χ0) is 13.7. The van der Waals surface area contributed by atoms with Crippen molar-refractivity contribution in [1.82, 2.24) is 10.2 Å². The van der Waals surface area contributed by atoms with Crippen molar-refractivity contribution in [2.75, 3.05) is 13.6 Å². The maximum atomic E-state index is 13.1. The fourth-order valence-corrected chi connectivity index (χ4v) is 1.51. The predicted octanol–water partition coefficient (Wildman–Crippen LogP) is 1.49. The maximum absolute atomic E-state index is 13.1. The molecule has 100 valence electrons. The number of likely N-dealkylation sites (N-methyl/N-ethyl adjacent to an activating group) is 1. The molecule has 0 heterocycles. The molecule has 18 heavy (non-hydrogen) atoms. The highest BCUT2D eigenvalue weighted by molar-refractivity contribution is 5.81. The zero-order valence-electron chi connectivity index (χ0n) is 10.9. The Morgan fingerprint density at radius 2 is 2.22 bits per heavy atom. The number of hydrogen-bond acceptors (Lipinski definition) is 3. The van der Waals surface area contributed by atoms with Crippen LogP contribution in [0.1, 0.15) is 19.4 Å². The highest BCUT2D eigenvalue weighted by atomic mass is 19.1. The molecule has 1 amide bonds. The Kier molecular flexibility index (Phi) is 5.09. The van der Waals surface area contributed by atoms with Gasteiger partial charge in [-0.3, -0.25) is 4.79 Å². The largest absolute Gasteiger partial charge is 0.505 e. The summed E-state index contributed by atoms with van der Waals surface area (Å²) < 4.78 is 13.1. The number of benzene rings is 1. The third kappa shape index (κ3) is 3.70. The summed E-state index contributed by atoms with van der Waals surface area (Å²) in [6.45, 7) is 4.70. The van der Waals surface area contributed by atoms with Gasteiger partial charge in [-0.05, 0) is 31.5 Å². The number of carbonyl (C=O) groups excluding carboxylic acids is 1. The Morgan fingerprint density at radius 1 is 1.56 bits per heavy atom. The molecule has 0 bridgehead atoms. The molecule has 0 aliphatic heterocycles. The number of amides is 1. The topological polar surface area (TPSA) is 52.6 Å². The molecule has 1 aromatic carbocycles. The lowest BCUT2D eigenvalue weighted by Crippen LogP contribution is -2.42. The van der Waals surface area contributed by atoms with Crippen molar-refractivity contribution in [1.29, 1.82) is 0 Å². The lowest BCUT2D eigenvalue weighted by Gasteiger charge is -2.20. The third-order valence-electron chi connectivity index (χ3n) is 2.85. The fourth-order valence-electron chi connectivity index (χ4n) is 1.51. The monoisotopic (exact) mass is 254 g/mol. The summed E-state index contributed by atoms with van der Waals surface area (Å²) in [4.78, 5) is 13.4. The van der Waals surface area contributed by atoms with Gasteiger partial charge in [0, 0.05) is 20.1 Å². The number of halogens is 1. The van der Waals surface area contributed by atoms with Gasteiger partial charge in [0.05, 0.1) is 6.04 Å². The van der Waals surface area contributed by atoms with Crippen LogP contribution in [0.5, 0.6) is 5.75 Å². The molecule has 0 aliphatic rings. The Labute approximate surface area is 106 Å². The van der Waals surface area contributed by atoms with Crippen molar-refractivity contribution in [2.45, 2.75) is 26.4 Å². The Balaban J connectivity index is 2.54. The van der Waals surface area contributed by atoms with Crippen LogP contribution in [0, 0.1) is 5.82 Å². The van der Waals surface area contributed by atoms with Gasteiger partial charge in [-0.25, -0.2) is 4.39 Å². The van der Waals surface area contributed by atoms with E-state index in [1.165, 1.54) is 12.1 Å². The second-order valence-electron chi connectivity index (χ2n) is 4.24. The summed E-state index contributed by atoms with van der Waals surface area (Å²) in [6, 6.07) is 3.85. The summed E-state index contributed by atoms with van der Waals surface area (Å²) in [6.07, 6.45) is 0.